The van der Waals surface area contributed by atoms with Gasteiger partial charge in [0.2, 0.25) is 23.6 Å². The molecule has 77 heavy (non-hydrogen) atoms. The maximum atomic E-state index is 14.6. The van der Waals surface area contributed by atoms with Gasteiger partial charge >= 0.3 is 5.76 Å². The van der Waals surface area contributed by atoms with Gasteiger partial charge in [0.25, 0.3) is 10.0 Å². The topological polar surface area (TPSA) is 232 Å². The van der Waals surface area contributed by atoms with Crippen molar-refractivity contribution in [1.82, 2.24) is 35.6 Å². The summed E-state index contributed by atoms with van der Waals surface area (Å²) in [6.07, 6.45) is 6.25. The molecule has 1 saturated heterocycles. The highest BCUT2D eigenvalue weighted by atomic mass is 32.2. The van der Waals surface area contributed by atoms with Crippen LogP contribution in [0.25, 0.3) is 22.2 Å². The zero-order valence-electron chi connectivity index (χ0n) is 43.9. The van der Waals surface area contributed by atoms with E-state index < -0.39 is 92.3 Å². The van der Waals surface area contributed by atoms with Crippen LogP contribution in [0, 0.1) is 34.7 Å². The predicted molar refractivity (Wildman–Crippen MR) is 283 cm³/mol. The number of nitrogens with two attached hydrogens (primary N) is 1. The summed E-state index contributed by atoms with van der Waals surface area (Å²) in [5.41, 5.74) is 7.07. The van der Waals surface area contributed by atoms with Gasteiger partial charge in [-0.05, 0) is 87.5 Å². The number of likely N-dealkylation sites (N-methyl/N-ethyl adjacent to an activating group) is 1. The molecule has 5 atom stereocenters. The average Bonchev–Trinajstić information content (AvgIpc) is 4.02. The van der Waals surface area contributed by atoms with Crippen molar-refractivity contribution in [2.24, 2.45) is 12.5 Å². The third-order valence-electron chi connectivity index (χ3n) is 13.1. The third-order valence-corrected chi connectivity index (χ3v) is 14.1. The molecule has 17 nitrogen and oxygen atoms in total. The van der Waals surface area contributed by atoms with Gasteiger partial charge in [-0.25, -0.2) is 26.6 Å². The maximum absolute atomic E-state index is 14.6. The Morgan fingerprint density at radius 3 is 2.25 bits per heavy atom. The number of likely N-dealkylation sites (tertiary alicyclic amines) is 1. The summed E-state index contributed by atoms with van der Waals surface area (Å²) in [5, 5.41) is 16.0. The van der Waals surface area contributed by atoms with E-state index >= 15 is 0 Å². The number of nitrogen functional groups attached to an aromatic ring is 1. The first kappa shape index (κ1) is 58.9. The van der Waals surface area contributed by atoms with Crippen molar-refractivity contribution in [3.8, 4) is 28.8 Å². The molecule has 3 heterocycles. The Bertz CT molecular complexity index is 3100. The average molecular weight is 1090 g/mol. The Morgan fingerprint density at radius 2 is 1.60 bits per heavy atom. The maximum Gasteiger partial charge on any atom is 0.355 e. The fraction of sp³-hybridized carbons (Fsp3) is 0.444. The van der Waals surface area contributed by atoms with Crippen molar-refractivity contribution < 1.29 is 54.3 Å². The van der Waals surface area contributed by atoms with Crippen LogP contribution < -0.4 is 36.5 Å². The number of fused-ring (bicyclic) bond motifs is 1. The van der Waals surface area contributed by atoms with Crippen molar-refractivity contribution in [1.29, 1.82) is 0 Å². The van der Waals surface area contributed by atoms with Crippen LogP contribution in [-0.2, 0) is 36.2 Å². The number of nitrogens with one attached hydrogen (secondary N) is 5. The van der Waals surface area contributed by atoms with Crippen molar-refractivity contribution in [3.63, 3.8) is 0 Å². The minimum absolute atomic E-state index is 0.0282. The molecular weight excluding hydrogens is 1030 g/mol. The van der Waals surface area contributed by atoms with Gasteiger partial charge in [0.1, 0.15) is 58.6 Å². The zero-order chi connectivity index (χ0) is 56.4. The second-order valence-electron chi connectivity index (χ2n) is 20.0. The van der Waals surface area contributed by atoms with Gasteiger partial charge in [-0.3, -0.25) is 28.6 Å². The molecule has 0 radical (unpaired) electrons. The largest absolute Gasteiger partial charge is 0.484 e. The van der Waals surface area contributed by atoms with E-state index in [1.807, 2.05) is 4.72 Å². The van der Waals surface area contributed by atoms with Crippen molar-refractivity contribution in [3.05, 3.63) is 95.4 Å². The van der Waals surface area contributed by atoms with E-state index in [1.165, 1.54) is 47.4 Å². The summed E-state index contributed by atoms with van der Waals surface area (Å²) in [5.74, 6) is -1.93. The summed E-state index contributed by atoms with van der Waals surface area (Å²) in [7, 11) is -1.79. The smallest absolute Gasteiger partial charge is 0.355 e. The molecule has 0 spiro atoms. The number of benzene rings is 3. The van der Waals surface area contributed by atoms with E-state index in [4.69, 9.17) is 10.5 Å². The van der Waals surface area contributed by atoms with Gasteiger partial charge in [-0.15, -0.1) is 0 Å². The number of ether oxygens (including phenoxy) is 1. The van der Waals surface area contributed by atoms with Crippen molar-refractivity contribution in [2.75, 3.05) is 29.4 Å². The van der Waals surface area contributed by atoms with Crippen LogP contribution in [0.3, 0.4) is 0 Å². The molecule has 1 fully saturated rings. The Hall–Kier alpha value is -7.32. The van der Waals surface area contributed by atoms with E-state index in [9.17, 15) is 49.5 Å². The number of pyridine rings is 1. The van der Waals surface area contributed by atoms with Crippen LogP contribution in [0.2, 0.25) is 0 Å². The molecule has 0 aliphatic carbocycles. The van der Waals surface area contributed by atoms with Gasteiger partial charge in [-0.2, -0.15) is 13.9 Å². The number of rotatable bonds is 22. The molecular formula is C54H65F5N10O7S. The number of hydrogen-bond donors (Lipinski definition) is 6. The Kier molecular flexibility index (Phi) is 19.7. The molecule has 0 saturated carbocycles. The Labute approximate surface area is 444 Å². The number of aromatic nitrogens is 3. The summed E-state index contributed by atoms with van der Waals surface area (Å²) in [6.45, 7) is 8.46. The highest BCUT2D eigenvalue weighted by Crippen LogP contribution is 2.39. The van der Waals surface area contributed by atoms with Crippen LogP contribution >= 0.6 is 0 Å². The molecule has 4 amide bonds. The lowest BCUT2D eigenvalue weighted by Crippen LogP contribution is -2.59. The Morgan fingerprint density at radius 1 is 0.935 bits per heavy atom. The molecule has 5 aromatic rings. The molecule has 6 rings (SSSR count). The van der Waals surface area contributed by atoms with E-state index in [0.717, 1.165) is 50.3 Å². The second-order valence-corrected chi connectivity index (χ2v) is 21.7. The van der Waals surface area contributed by atoms with Crippen molar-refractivity contribution in [2.45, 2.75) is 128 Å². The first-order valence-electron chi connectivity index (χ1n) is 25.2. The third kappa shape index (κ3) is 15.0. The highest BCUT2D eigenvalue weighted by Gasteiger charge is 2.46. The van der Waals surface area contributed by atoms with Crippen LogP contribution in [0.1, 0.15) is 110 Å². The Balaban J connectivity index is 1.02. The number of unbranched alkanes of at least 4 members (excludes halogenated alkanes) is 6. The number of carbonyl (C=O) groups is 4. The fourth-order valence-corrected chi connectivity index (χ4v) is 9.37. The quantitative estimate of drug-likeness (QED) is 0.0220. The molecule has 0 bridgehead atoms. The normalized spacial score (nSPS) is 15.8. The summed E-state index contributed by atoms with van der Waals surface area (Å²) >= 11 is 0. The molecule has 2 aromatic heterocycles. The second kappa shape index (κ2) is 25.7. The molecule has 3 aromatic carbocycles. The minimum atomic E-state index is -5.08. The van der Waals surface area contributed by atoms with Gasteiger partial charge in [0.05, 0.1) is 28.2 Å². The first-order chi connectivity index (χ1) is 36.4. The van der Waals surface area contributed by atoms with Crippen molar-refractivity contribution >= 4 is 61.7 Å². The van der Waals surface area contributed by atoms with E-state index in [1.54, 1.807) is 59.6 Å². The molecule has 7 N–H and O–H groups in total. The molecule has 1 unspecified atom stereocenters. The van der Waals surface area contributed by atoms with Gasteiger partial charge < -0.3 is 36.6 Å². The summed E-state index contributed by atoms with van der Waals surface area (Å²) in [6, 6.07) is 9.17. The number of carbonyl (C=O) groups excluding carboxylic acids is 4. The minimum Gasteiger partial charge on any atom is -0.484 e. The number of anilines is 3. The molecule has 414 valence electrons. The highest BCUT2D eigenvalue weighted by molar-refractivity contribution is 7.93. The number of nitrogens with zero attached hydrogens (tertiary/aromatic N) is 4. The standard InChI is InChI=1S/C54H65F5N10O7S/c1-31(61-6)50(71)65-48(54(3,4)5)52(73)69-30-37(28-41(69)51(72)64-46-38(56)18-16-19-39(46)57)63-43(70)20-15-13-11-9-8-10-12-14-17-35-29-62-49(60)44-45(66-68(7)47(35)44)34-23-26-40(67-77(74,75)53(58)59)42(27-34)76-32(2)33-21-24-36(55)25-22-33/h16,18-19,21-27,29,31-32,37,41,48,53,61,67H,8-13,15,20,28,30H2,1-7H3,(H2,60,62)(H,63,70)(H,64,72)(H,65,71)/t31-,32-,37?,41-,48+/m0/s1. The van der Waals surface area contributed by atoms with Crippen LogP contribution in [0.5, 0.6) is 5.75 Å². The number of aryl methyl sites for hydroxylation is 1. The fourth-order valence-electron chi connectivity index (χ4n) is 8.80. The molecule has 1 aliphatic heterocycles. The number of amides is 4. The van der Waals surface area contributed by atoms with E-state index in [-0.39, 0.29) is 42.5 Å². The SMILES string of the molecule is CN[C@@H](C)C(=O)N[C@H](C(=O)N1CC(NC(=O)CCCCCCCCC#Cc2cnc(N)c3c(-c4ccc(NS(=O)(=O)C(F)F)c(O[C@@H](C)c5ccc(F)cc5)c4)nn(C)c23)C[C@H]1C(=O)Nc1c(F)cccc1F)C(C)(C)C. The van der Waals surface area contributed by atoms with Gasteiger partial charge in [0.15, 0.2) is 0 Å². The van der Waals surface area contributed by atoms with E-state index in [0.29, 0.717) is 46.1 Å². The number of para-hydroxylation sites is 1. The number of alkyl halides is 2. The zero-order valence-corrected chi connectivity index (χ0v) is 44.7. The predicted octanol–water partition coefficient (Wildman–Crippen LogP) is 8.07. The van der Waals surface area contributed by atoms with Gasteiger partial charge in [-0.1, -0.05) is 82.6 Å². The van der Waals surface area contributed by atoms with Crippen LogP contribution in [0.15, 0.2) is 66.9 Å². The lowest BCUT2D eigenvalue weighted by Gasteiger charge is -2.36. The number of halogens is 5. The number of sulfonamides is 1. The lowest BCUT2D eigenvalue weighted by atomic mass is 9.85. The van der Waals surface area contributed by atoms with E-state index in [2.05, 4.69) is 43.2 Å². The first-order valence-corrected chi connectivity index (χ1v) is 26.7. The summed E-state index contributed by atoms with van der Waals surface area (Å²) < 4.78 is 104. The summed E-state index contributed by atoms with van der Waals surface area (Å²) in [4.78, 5) is 59.7. The lowest BCUT2D eigenvalue weighted by molar-refractivity contribution is -0.143. The van der Waals surface area contributed by atoms with Crippen LogP contribution in [0.4, 0.5) is 39.1 Å². The van der Waals surface area contributed by atoms with Gasteiger partial charge in [0, 0.05) is 44.2 Å². The number of hydrogen-bond acceptors (Lipinski definition) is 11. The monoisotopic (exact) mass is 1090 g/mol. The van der Waals surface area contributed by atoms with Crippen LogP contribution in [-0.4, -0.2) is 95.2 Å². The molecule has 1 aliphatic rings. The molecule has 23 heteroatoms.